The van der Waals surface area contributed by atoms with Crippen LogP contribution in [0.5, 0.6) is 0 Å². The summed E-state index contributed by atoms with van der Waals surface area (Å²) in [5.41, 5.74) is 2.18. The van der Waals surface area contributed by atoms with Crippen molar-refractivity contribution in [3.05, 3.63) is 42.5 Å². The molecular formula is C22H27N3O3S2. The molecule has 160 valence electrons. The summed E-state index contributed by atoms with van der Waals surface area (Å²) in [5.74, 6) is 1.22. The molecule has 6 nitrogen and oxygen atoms in total. The van der Waals surface area contributed by atoms with E-state index < -0.39 is 10.0 Å². The highest BCUT2D eigenvalue weighted by molar-refractivity contribution is 7.99. The van der Waals surface area contributed by atoms with E-state index in [1.807, 2.05) is 19.1 Å². The van der Waals surface area contributed by atoms with Gasteiger partial charge in [-0.15, -0.1) is 11.8 Å². The summed E-state index contributed by atoms with van der Waals surface area (Å²) in [6, 6.07) is 12.4. The molecule has 8 heteroatoms. The predicted octanol–water partition coefficient (Wildman–Crippen LogP) is 4.40. The van der Waals surface area contributed by atoms with Gasteiger partial charge in [-0.2, -0.15) is 0 Å². The zero-order chi connectivity index (χ0) is 21.3. The average Bonchev–Trinajstić information content (AvgIpc) is 2.87. The summed E-state index contributed by atoms with van der Waals surface area (Å²) < 4.78 is 28.5. The maximum atomic E-state index is 12.9. The van der Waals surface area contributed by atoms with Crippen molar-refractivity contribution in [2.24, 2.45) is 11.8 Å². The van der Waals surface area contributed by atoms with Crippen LogP contribution >= 0.6 is 11.8 Å². The van der Waals surface area contributed by atoms with E-state index in [4.69, 9.17) is 0 Å². The van der Waals surface area contributed by atoms with E-state index in [0.29, 0.717) is 17.1 Å². The van der Waals surface area contributed by atoms with Crippen LogP contribution in [0.4, 0.5) is 17.1 Å². The van der Waals surface area contributed by atoms with Gasteiger partial charge < -0.3 is 10.2 Å². The molecule has 1 amide bonds. The molecule has 2 aromatic rings. The van der Waals surface area contributed by atoms with E-state index in [1.165, 1.54) is 18.9 Å². The van der Waals surface area contributed by atoms with Crippen molar-refractivity contribution >= 4 is 44.8 Å². The third-order valence-electron chi connectivity index (χ3n) is 5.72. The molecule has 1 fully saturated rings. The lowest BCUT2D eigenvalue weighted by atomic mass is 9.99. The van der Waals surface area contributed by atoms with Crippen LogP contribution in [0, 0.1) is 11.8 Å². The van der Waals surface area contributed by atoms with E-state index in [0.717, 1.165) is 29.6 Å². The first-order chi connectivity index (χ1) is 14.3. The van der Waals surface area contributed by atoms with Gasteiger partial charge in [-0.3, -0.25) is 9.52 Å². The zero-order valence-corrected chi connectivity index (χ0v) is 18.9. The largest absolute Gasteiger partial charge is 0.372 e. The Kier molecular flexibility index (Phi) is 5.97. The van der Waals surface area contributed by atoms with Crippen molar-refractivity contribution in [1.29, 1.82) is 0 Å². The normalized spacial score (nSPS) is 20.3. The lowest BCUT2D eigenvalue weighted by molar-refractivity contribution is -0.118. The van der Waals surface area contributed by atoms with Gasteiger partial charge in [-0.1, -0.05) is 13.8 Å². The van der Waals surface area contributed by atoms with Crippen LogP contribution in [0.25, 0.3) is 0 Å². The first-order valence-corrected chi connectivity index (χ1v) is 12.7. The first kappa shape index (κ1) is 21.1. The highest BCUT2D eigenvalue weighted by Crippen LogP contribution is 2.34. The van der Waals surface area contributed by atoms with Gasteiger partial charge in [0.1, 0.15) is 0 Å². The van der Waals surface area contributed by atoms with Crippen LogP contribution in [0.3, 0.4) is 0 Å². The second kappa shape index (κ2) is 8.51. The van der Waals surface area contributed by atoms with Gasteiger partial charge in [0.15, 0.2) is 0 Å². The number of fused-ring (bicyclic) bond motifs is 1. The second-order valence-corrected chi connectivity index (χ2v) is 10.9. The summed E-state index contributed by atoms with van der Waals surface area (Å²) >= 11 is 1.56. The number of piperidine rings is 1. The molecule has 2 heterocycles. The molecule has 0 aliphatic carbocycles. The number of hydrogen-bond acceptors (Lipinski definition) is 5. The van der Waals surface area contributed by atoms with Gasteiger partial charge >= 0.3 is 0 Å². The molecule has 2 aliphatic rings. The molecule has 0 radical (unpaired) electrons. The minimum atomic E-state index is -3.76. The zero-order valence-electron chi connectivity index (χ0n) is 17.2. The number of nitrogens with zero attached hydrogens (tertiary/aromatic N) is 1. The Morgan fingerprint density at radius 2 is 1.77 bits per heavy atom. The summed E-state index contributed by atoms with van der Waals surface area (Å²) in [5, 5.41) is 2.84. The minimum absolute atomic E-state index is 0.0912. The molecule has 2 aromatic carbocycles. The van der Waals surface area contributed by atoms with Gasteiger partial charge in [0.25, 0.3) is 10.0 Å². The van der Waals surface area contributed by atoms with Crippen LogP contribution in [-0.4, -0.2) is 33.2 Å². The van der Waals surface area contributed by atoms with Gasteiger partial charge in [0.05, 0.1) is 10.6 Å². The maximum Gasteiger partial charge on any atom is 0.261 e. The van der Waals surface area contributed by atoms with Crippen LogP contribution in [0.2, 0.25) is 0 Å². The summed E-state index contributed by atoms with van der Waals surface area (Å²) in [7, 11) is -3.76. The van der Waals surface area contributed by atoms with E-state index in [9.17, 15) is 13.2 Å². The number of amides is 1. The summed E-state index contributed by atoms with van der Waals surface area (Å²) in [6.45, 7) is 6.21. The van der Waals surface area contributed by atoms with Crippen LogP contribution in [0.1, 0.15) is 26.7 Å². The third kappa shape index (κ3) is 4.59. The lowest BCUT2D eigenvalue weighted by Crippen LogP contribution is -2.32. The minimum Gasteiger partial charge on any atom is -0.372 e. The molecule has 1 saturated heterocycles. The van der Waals surface area contributed by atoms with Gasteiger partial charge in [0, 0.05) is 41.0 Å². The molecule has 30 heavy (non-hydrogen) atoms. The number of carbonyl (C=O) groups excluding carboxylic acids is 1. The van der Waals surface area contributed by atoms with Crippen molar-refractivity contribution in [2.75, 3.05) is 33.8 Å². The van der Waals surface area contributed by atoms with Gasteiger partial charge in [-0.05, 0) is 61.2 Å². The van der Waals surface area contributed by atoms with Crippen molar-refractivity contribution in [3.8, 4) is 0 Å². The molecule has 4 rings (SSSR count). The van der Waals surface area contributed by atoms with Crippen LogP contribution < -0.4 is 14.9 Å². The van der Waals surface area contributed by atoms with Gasteiger partial charge in [0.2, 0.25) is 5.91 Å². The van der Waals surface area contributed by atoms with Crippen molar-refractivity contribution in [3.63, 3.8) is 0 Å². The number of hydrogen-bond donors (Lipinski definition) is 2. The average molecular weight is 446 g/mol. The fourth-order valence-corrected chi connectivity index (χ4v) is 5.76. The number of benzene rings is 2. The SMILES string of the molecule is CC1CCN(c2ccc(NS(=O)(=O)c3ccc4c(c3)NC(=O)[C@@H](C)CS4)cc2)CC1. The Labute approximate surface area is 182 Å². The van der Waals surface area contributed by atoms with E-state index in [-0.39, 0.29) is 16.7 Å². The molecule has 2 aliphatic heterocycles. The Morgan fingerprint density at radius 1 is 1.07 bits per heavy atom. The molecule has 1 atom stereocenters. The van der Waals surface area contributed by atoms with E-state index >= 15 is 0 Å². The van der Waals surface area contributed by atoms with Crippen molar-refractivity contribution < 1.29 is 13.2 Å². The molecule has 0 aromatic heterocycles. The number of carbonyl (C=O) groups is 1. The Morgan fingerprint density at radius 3 is 2.47 bits per heavy atom. The molecule has 0 unspecified atom stereocenters. The smallest absolute Gasteiger partial charge is 0.261 e. The van der Waals surface area contributed by atoms with E-state index in [2.05, 4.69) is 21.9 Å². The molecule has 0 saturated carbocycles. The topological polar surface area (TPSA) is 78.5 Å². The fraction of sp³-hybridized carbons (Fsp3) is 0.409. The Bertz CT molecular complexity index is 1030. The van der Waals surface area contributed by atoms with Crippen molar-refractivity contribution in [2.45, 2.75) is 36.5 Å². The van der Waals surface area contributed by atoms with E-state index in [1.54, 1.807) is 36.0 Å². The Balaban J connectivity index is 1.49. The van der Waals surface area contributed by atoms with Crippen LogP contribution in [-0.2, 0) is 14.8 Å². The maximum absolute atomic E-state index is 12.9. The summed E-state index contributed by atoms with van der Waals surface area (Å²) in [6.07, 6.45) is 2.36. The fourth-order valence-electron chi connectivity index (χ4n) is 3.67. The predicted molar refractivity (Wildman–Crippen MR) is 123 cm³/mol. The quantitative estimate of drug-likeness (QED) is 0.729. The highest BCUT2D eigenvalue weighted by atomic mass is 32.2. The second-order valence-electron chi connectivity index (χ2n) is 8.18. The standard InChI is InChI=1S/C22H27N3O3S2/c1-15-9-11-25(12-10-15)18-5-3-17(4-6-18)24-30(27,28)19-7-8-21-20(13-19)23-22(26)16(2)14-29-21/h3-8,13,15-16,24H,9-12,14H2,1-2H3,(H,23,26)/t16-/m0/s1. The Hall–Kier alpha value is -2.19. The number of rotatable bonds is 4. The molecule has 0 spiro atoms. The highest BCUT2D eigenvalue weighted by Gasteiger charge is 2.23. The number of anilines is 3. The number of sulfonamides is 1. The third-order valence-corrected chi connectivity index (χ3v) is 8.44. The molecule has 0 bridgehead atoms. The molecular weight excluding hydrogens is 418 g/mol. The lowest BCUT2D eigenvalue weighted by Gasteiger charge is -2.32. The number of nitrogens with one attached hydrogen (secondary N) is 2. The van der Waals surface area contributed by atoms with Crippen LogP contribution in [0.15, 0.2) is 52.3 Å². The molecule has 2 N–H and O–H groups in total. The van der Waals surface area contributed by atoms with Gasteiger partial charge in [-0.25, -0.2) is 8.42 Å². The number of thioether (sulfide) groups is 1. The van der Waals surface area contributed by atoms with Crippen molar-refractivity contribution in [1.82, 2.24) is 0 Å². The first-order valence-electron chi connectivity index (χ1n) is 10.3. The monoisotopic (exact) mass is 445 g/mol. The summed E-state index contributed by atoms with van der Waals surface area (Å²) in [4.78, 5) is 15.5.